The van der Waals surface area contributed by atoms with Crippen LogP contribution in [-0.4, -0.2) is 23.0 Å². The van der Waals surface area contributed by atoms with E-state index in [9.17, 15) is 0 Å². The molecule has 0 fully saturated rings. The molecule has 0 nitrogen and oxygen atoms in total. The van der Waals surface area contributed by atoms with Gasteiger partial charge in [-0.25, -0.2) is 0 Å². The molecule has 0 aliphatic rings. The average molecular weight is 164 g/mol. The van der Waals surface area contributed by atoms with E-state index in [0.717, 1.165) is 0 Å². The molecule has 0 aromatic rings. The van der Waals surface area contributed by atoms with Crippen molar-refractivity contribution >= 4 is 23.5 Å². The van der Waals surface area contributed by atoms with Crippen LogP contribution in [-0.2, 0) is 0 Å². The monoisotopic (exact) mass is 164 g/mol. The van der Waals surface area contributed by atoms with Gasteiger partial charge in [0.1, 0.15) is 0 Å². The molecule has 0 saturated heterocycles. The molecular weight excluding hydrogens is 148 g/mol. The van der Waals surface area contributed by atoms with Gasteiger partial charge in [0, 0.05) is 11.5 Å². The van der Waals surface area contributed by atoms with Crippen LogP contribution in [0.2, 0.25) is 0 Å². The first-order valence-electron chi connectivity index (χ1n) is 3.57. The van der Waals surface area contributed by atoms with Crippen molar-refractivity contribution in [3.63, 3.8) is 0 Å². The molecule has 2 heteroatoms. The fourth-order valence-corrected chi connectivity index (χ4v) is 2.23. The molecule has 0 N–H and O–H groups in total. The van der Waals surface area contributed by atoms with Crippen LogP contribution in [0, 0.1) is 0 Å². The lowest BCUT2D eigenvalue weighted by Gasteiger charge is -1.96. The minimum atomic E-state index is 1.27. The van der Waals surface area contributed by atoms with E-state index in [2.05, 4.69) is 25.6 Å². The standard InChI is InChI=1S/C7H16S2/c1-3-5-9-7-6-8-4-2/h3-7H2,1-2H3. The van der Waals surface area contributed by atoms with E-state index in [0.29, 0.717) is 0 Å². The first kappa shape index (κ1) is 9.70. The molecule has 0 aliphatic heterocycles. The lowest BCUT2D eigenvalue weighted by atomic mass is 10.6. The maximum Gasteiger partial charge on any atom is 0.00235 e. The highest BCUT2D eigenvalue weighted by molar-refractivity contribution is 8.02. The van der Waals surface area contributed by atoms with Crippen LogP contribution < -0.4 is 0 Å². The van der Waals surface area contributed by atoms with Crippen LogP contribution in [0.5, 0.6) is 0 Å². The van der Waals surface area contributed by atoms with Gasteiger partial charge in [-0.05, 0) is 17.9 Å². The van der Waals surface area contributed by atoms with Gasteiger partial charge in [-0.3, -0.25) is 0 Å². The number of thioether (sulfide) groups is 2. The highest BCUT2D eigenvalue weighted by Crippen LogP contribution is 2.06. The minimum absolute atomic E-state index is 1.27. The zero-order valence-corrected chi connectivity index (χ0v) is 7.99. The van der Waals surface area contributed by atoms with Crippen molar-refractivity contribution in [2.24, 2.45) is 0 Å². The van der Waals surface area contributed by atoms with E-state index in [1.54, 1.807) is 0 Å². The summed E-state index contributed by atoms with van der Waals surface area (Å²) in [4.78, 5) is 0. The van der Waals surface area contributed by atoms with E-state index in [1.807, 2.05) is 11.8 Å². The van der Waals surface area contributed by atoms with Crippen LogP contribution >= 0.6 is 23.5 Å². The van der Waals surface area contributed by atoms with E-state index >= 15 is 0 Å². The molecule has 0 atom stereocenters. The molecule has 0 amide bonds. The van der Waals surface area contributed by atoms with Crippen molar-refractivity contribution in [1.82, 2.24) is 0 Å². The number of hydrogen-bond donors (Lipinski definition) is 0. The smallest absolute Gasteiger partial charge is 0.00235 e. The normalized spacial score (nSPS) is 10.0. The maximum absolute atomic E-state index is 2.24. The summed E-state index contributed by atoms with van der Waals surface area (Å²) in [7, 11) is 0. The Bertz CT molecular complexity index is 40.2. The Labute approximate surface area is 67.2 Å². The Hall–Kier alpha value is 0.700. The fraction of sp³-hybridized carbons (Fsp3) is 1.00. The van der Waals surface area contributed by atoms with Gasteiger partial charge in [-0.1, -0.05) is 13.8 Å². The van der Waals surface area contributed by atoms with E-state index in [4.69, 9.17) is 0 Å². The second kappa shape index (κ2) is 8.70. The lowest BCUT2D eigenvalue weighted by Crippen LogP contribution is -1.85. The summed E-state index contributed by atoms with van der Waals surface area (Å²) in [5, 5.41) is 0. The van der Waals surface area contributed by atoms with E-state index in [1.165, 1.54) is 29.4 Å². The largest absolute Gasteiger partial charge is 0.161 e. The molecule has 0 rings (SSSR count). The quantitative estimate of drug-likeness (QED) is 0.554. The van der Waals surface area contributed by atoms with Crippen LogP contribution in [0.3, 0.4) is 0 Å². The Balaban J connectivity index is 2.60. The highest BCUT2D eigenvalue weighted by atomic mass is 32.2. The van der Waals surface area contributed by atoms with Crippen molar-refractivity contribution in [3.05, 3.63) is 0 Å². The fourth-order valence-electron chi connectivity index (χ4n) is 0.509. The summed E-state index contributed by atoms with van der Waals surface area (Å²) in [6, 6.07) is 0. The van der Waals surface area contributed by atoms with Gasteiger partial charge in [-0.2, -0.15) is 23.5 Å². The average Bonchev–Trinajstić information content (AvgIpc) is 1.89. The number of rotatable bonds is 6. The minimum Gasteiger partial charge on any atom is -0.161 e. The molecule has 56 valence electrons. The number of hydrogen-bond acceptors (Lipinski definition) is 2. The molecule has 0 aliphatic carbocycles. The van der Waals surface area contributed by atoms with Crippen LogP contribution in [0.1, 0.15) is 20.3 Å². The molecule has 0 saturated carbocycles. The van der Waals surface area contributed by atoms with Crippen LogP contribution in [0.25, 0.3) is 0 Å². The summed E-state index contributed by atoms with van der Waals surface area (Å²) in [6.07, 6.45) is 1.32. The molecule has 0 unspecified atom stereocenters. The zero-order valence-electron chi connectivity index (χ0n) is 6.35. The summed E-state index contributed by atoms with van der Waals surface area (Å²) in [5.74, 6) is 5.28. The second-order valence-electron chi connectivity index (χ2n) is 1.81. The van der Waals surface area contributed by atoms with Crippen LogP contribution in [0.4, 0.5) is 0 Å². The van der Waals surface area contributed by atoms with Crippen molar-refractivity contribution < 1.29 is 0 Å². The molecule has 0 aromatic heterocycles. The second-order valence-corrected chi connectivity index (χ2v) is 4.43. The third-order valence-electron chi connectivity index (χ3n) is 0.925. The Kier molecular flexibility index (Phi) is 9.38. The van der Waals surface area contributed by atoms with Gasteiger partial charge >= 0.3 is 0 Å². The Morgan fingerprint density at radius 3 is 2.11 bits per heavy atom. The SMILES string of the molecule is CCCSCCSCC. The third-order valence-corrected chi connectivity index (χ3v) is 3.27. The van der Waals surface area contributed by atoms with Crippen molar-refractivity contribution in [2.75, 3.05) is 23.0 Å². The summed E-state index contributed by atoms with van der Waals surface area (Å²) < 4.78 is 0. The Morgan fingerprint density at radius 1 is 0.889 bits per heavy atom. The van der Waals surface area contributed by atoms with Crippen molar-refractivity contribution in [3.8, 4) is 0 Å². The van der Waals surface area contributed by atoms with Crippen molar-refractivity contribution in [2.45, 2.75) is 20.3 Å². The summed E-state index contributed by atoms with van der Waals surface area (Å²) >= 11 is 4.11. The molecule has 0 heterocycles. The summed E-state index contributed by atoms with van der Waals surface area (Å²) in [6.45, 7) is 4.45. The molecular formula is C7H16S2. The topological polar surface area (TPSA) is 0 Å². The van der Waals surface area contributed by atoms with Gasteiger partial charge in [-0.15, -0.1) is 0 Å². The molecule has 0 aromatic carbocycles. The molecule has 0 bridgehead atoms. The Morgan fingerprint density at radius 2 is 1.56 bits per heavy atom. The van der Waals surface area contributed by atoms with Crippen LogP contribution in [0.15, 0.2) is 0 Å². The molecule has 9 heavy (non-hydrogen) atoms. The third kappa shape index (κ3) is 8.70. The van der Waals surface area contributed by atoms with Gasteiger partial charge < -0.3 is 0 Å². The van der Waals surface area contributed by atoms with Gasteiger partial charge in [0.05, 0.1) is 0 Å². The van der Waals surface area contributed by atoms with E-state index in [-0.39, 0.29) is 0 Å². The van der Waals surface area contributed by atoms with Gasteiger partial charge in [0.15, 0.2) is 0 Å². The lowest BCUT2D eigenvalue weighted by molar-refractivity contribution is 1.11. The van der Waals surface area contributed by atoms with Gasteiger partial charge in [0.2, 0.25) is 0 Å². The van der Waals surface area contributed by atoms with Crippen molar-refractivity contribution in [1.29, 1.82) is 0 Å². The highest BCUT2D eigenvalue weighted by Gasteiger charge is 1.85. The van der Waals surface area contributed by atoms with E-state index < -0.39 is 0 Å². The first-order chi connectivity index (χ1) is 4.41. The molecule has 0 radical (unpaired) electrons. The van der Waals surface area contributed by atoms with Gasteiger partial charge in [0.25, 0.3) is 0 Å². The summed E-state index contributed by atoms with van der Waals surface area (Å²) in [5.41, 5.74) is 0. The predicted molar refractivity (Wildman–Crippen MR) is 50.6 cm³/mol. The zero-order chi connectivity index (χ0) is 6.95. The first-order valence-corrected chi connectivity index (χ1v) is 5.88. The molecule has 0 spiro atoms. The predicted octanol–water partition coefficient (Wildman–Crippen LogP) is 2.88. The maximum atomic E-state index is 2.24.